The van der Waals surface area contributed by atoms with Crippen LogP contribution in [0.2, 0.25) is 0 Å². The number of aliphatic hydroxyl groups is 1. The predicted octanol–water partition coefficient (Wildman–Crippen LogP) is 0.694. The zero-order valence-corrected chi connectivity index (χ0v) is 11.6. The topological polar surface area (TPSA) is 88.2 Å². The molecular weight excluding hydrogens is 270 g/mol. The molecule has 21 heavy (non-hydrogen) atoms. The minimum absolute atomic E-state index is 0.181. The van der Waals surface area contributed by atoms with Gasteiger partial charge in [0.25, 0.3) is 5.91 Å². The summed E-state index contributed by atoms with van der Waals surface area (Å²) >= 11 is 0. The maximum atomic E-state index is 12.1. The summed E-state index contributed by atoms with van der Waals surface area (Å²) in [5, 5.41) is 15.0. The number of aliphatic hydroxyl groups excluding tert-OH is 1. The Morgan fingerprint density at radius 3 is 3.05 bits per heavy atom. The normalized spacial score (nSPS) is 9.81. The van der Waals surface area contributed by atoms with Crippen LogP contribution in [0.1, 0.15) is 27.4 Å². The van der Waals surface area contributed by atoms with Crippen LogP contribution in [0.4, 0.5) is 0 Å². The summed E-state index contributed by atoms with van der Waals surface area (Å²) in [6.07, 6.45) is 1.80. The molecule has 1 heterocycles. The first-order chi connectivity index (χ1) is 10.2. The molecule has 108 valence electrons. The van der Waals surface area contributed by atoms with E-state index in [0.717, 1.165) is 11.1 Å². The fraction of sp³-hybridized carbons (Fsp3) is 0.267. The first-order valence-electron chi connectivity index (χ1n) is 6.45. The lowest BCUT2D eigenvalue weighted by Crippen LogP contribution is -2.26. The van der Waals surface area contributed by atoms with Gasteiger partial charge in [-0.2, -0.15) is 4.98 Å². The van der Waals surface area contributed by atoms with E-state index in [1.807, 2.05) is 13.0 Å². The summed E-state index contributed by atoms with van der Waals surface area (Å²) in [5.41, 5.74) is 2.08. The number of amides is 1. The molecule has 2 rings (SSSR count). The Morgan fingerprint density at radius 1 is 1.48 bits per heavy atom. The summed E-state index contributed by atoms with van der Waals surface area (Å²) < 4.78 is 4.85. The van der Waals surface area contributed by atoms with Crippen LogP contribution in [0.25, 0.3) is 0 Å². The third kappa shape index (κ3) is 3.91. The van der Waals surface area contributed by atoms with Crippen LogP contribution in [-0.4, -0.2) is 34.3 Å². The molecule has 1 aromatic carbocycles. The molecule has 2 N–H and O–H groups in total. The van der Waals surface area contributed by atoms with E-state index in [1.54, 1.807) is 12.1 Å². The number of nitrogens with zero attached hydrogens (tertiary/aromatic N) is 2. The highest BCUT2D eigenvalue weighted by Gasteiger charge is 2.10. The van der Waals surface area contributed by atoms with Gasteiger partial charge in [-0.3, -0.25) is 4.79 Å². The minimum Gasteiger partial charge on any atom is -0.384 e. The van der Waals surface area contributed by atoms with Crippen LogP contribution in [-0.2, 0) is 6.42 Å². The van der Waals surface area contributed by atoms with E-state index < -0.39 is 0 Å². The Morgan fingerprint density at radius 2 is 2.33 bits per heavy atom. The van der Waals surface area contributed by atoms with Crippen molar-refractivity contribution >= 4 is 5.91 Å². The van der Waals surface area contributed by atoms with E-state index >= 15 is 0 Å². The van der Waals surface area contributed by atoms with Crippen molar-refractivity contribution in [1.82, 2.24) is 15.5 Å². The molecule has 6 nitrogen and oxygen atoms in total. The maximum Gasteiger partial charge on any atom is 0.251 e. The van der Waals surface area contributed by atoms with E-state index in [4.69, 9.17) is 9.63 Å². The number of hydrogen-bond donors (Lipinski definition) is 2. The molecule has 0 atom stereocenters. The molecule has 0 unspecified atom stereocenters. The first kappa shape index (κ1) is 14.8. The molecule has 0 fully saturated rings. The Kier molecular flexibility index (Phi) is 5.07. The van der Waals surface area contributed by atoms with Crippen molar-refractivity contribution in [2.75, 3.05) is 13.2 Å². The van der Waals surface area contributed by atoms with E-state index in [-0.39, 0.29) is 12.5 Å². The molecule has 0 saturated carbocycles. The van der Waals surface area contributed by atoms with Gasteiger partial charge in [0.05, 0.1) is 0 Å². The monoisotopic (exact) mass is 285 g/mol. The van der Waals surface area contributed by atoms with Gasteiger partial charge in [-0.15, -0.1) is 0 Å². The van der Waals surface area contributed by atoms with Gasteiger partial charge in [0.1, 0.15) is 6.61 Å². The van der Waals surface area contributed by atoms with Gasteiger partial charge in [-0.05, 0) is 24.6 Å². The number of benzene rings is 1. The molecular formula is C15H15N3O3. The first-order valence-corrected chi connectivity index (χ1v) is 6.45. The van der Waals surface area contributed by atoms with Crippen molar-refractivity contribution < 1.29 is 14.4 Å². The highest BCUT2D eigenvalue weighted by Crippen LogP contribution is 2.12. The standard InChI is InChI=1S/C15H15N3O3/c1-11-12(5-3-9-19)4-2-6-13(11)15(20)16-8-7-14-17-10-18-21-14/h2,4,6,10,19H,7-9H2,1H3,(H,16,20). The molecule has 0 radical (unpaired) electrons. The van der Waals surface area contributed by atoms with Gasteiger partial charge in [0, 0.05) is 24.1 Å². The van der Waals surface area contributed by atoms with Gasteiger partial charge in [0.2, 0.25) is 5.89 Å². The van der Waals surface area contributed by atoms with E-state index in [2.05, 4.69) is 27.3 Å². The van der Waals surface area contributed by atoms with Crippen molar-refractivity contribution in [3.05, 3.63) is 47.1 Å². The van der Waals surface area contributed by atoms with Crippen LogP contribution >= 0.6 is 0 Å². The second-order valence-corrected chi connectivity index (χ2v) is 4.28. The van der Waals surface area contributed by atoms with E-state index in [0.29, 0.717) is 24.4 Å². The molecule has 0 bridgehead atoms. The number of hydrogen-bond acceptors (Lipinski definition) is 5. The smallest absolute Gasteiger partial charge is 0.251 e. The van der Waals surface area contributed by atoms with Crippen molar-refractivity contribution in [2.45, 2.75) is 13.3 Å². The molecule has 0 aliphatic carbocycles. The van der Waals surface area contributed by atoms with Crippen LogP contribution in [0.15, 0.2) is 29.0 Å². The number of carbonyl (C=O) groups is 1. The van der Waals surface area contributed by atoms with Crippen LogP contribution in [0.5, 0.6) is 0 Å². The average molecular weight is 285 g/mol. The second-order valence-electron chi connectivity index (χ2n) is 4.28. The molecule has 0 spiro atoms. The summed E-state index contributed by atoms with van der Waals surface area (Å²) in [6.45, 7) is 2.03. The zero-order chi connectivity index (χ0) is 15.1. The Labute approximate surface area is 122 Å². The lowest BCUT2D eigenvalue weighted by Gasteiger charge is -2.08. The molecule has 0 saturated heterocycles. The summed E-state index contributed by atoms with van der Waals surface area (Å²) in [6, 6.07) is 5.32. The van der Waals surface area contributed by atoms with Gasteiger partial charge in [-0.1, -0.05) is 23.1 Å². The number of aromatic nitrogens is 2. The third-order valence-corrected chi connectivity index (χ3v) is 2.91. The largest absolute Gasteiger partial charge is 0.384 e. The SMILES string of the molecule is Cc1c(C#CCO)cccc1C(=O)NCCc1ncno1. The molecule has 0 aliphatic rings. The van der Waals surface area contributed by atoms with Crippen molar-refractivity contribution in [3.63, 3.8) is 0 Å². The Bertz CT molecular complexity index is 669. The predicted molar refractivity (Wildman–Crippen MR) is 75.5 cm³/mol. The van der Waals surface area contributed by atoms with Crippen molar-refractivity contribution in [1.29, 1.82) is 0 Å². The van der Waals surface area contributed by atoms with Gasteiger partial charge < -0.3 is 14.9 Å². The Hall–Kier alpha value is -2.65. The molecule has 1 amide bonds. The quantitative estimate of drug-likeness (QED) is 0.807. The maximum absolute atomic E-state index is 12.1. The van der Waals surface area contributed by atoms with Crippen molar-refractivity contribution in [3.8, 4) is 11.8 Å². The summed E-state index contributed by atoms with van der Waals surface area (Å²) in [5.74, 6) is 5.70. The summed E-state index contributed by atoms with van der Waals surface area (Å²) in [7, 11) is 0. The highest BCUT2D eigenvalue weighted by atomic mass is 16.5. The van der Waals surface area contributed by atoms with Gasteiger partial charge in [-0.25, -0.2) is 0 Å². The fourth-order valence-electron chi connectivity index (χ4n) is 1.84. The fourth-order valence-corrected chi connectivity index (χ4v) is 1.84. The molecule has 1 aromatic heterocycles. The lowest BCUT2D eigenvalue weighted by molar-refractivity contribution is 0.0952. The summed E-state index contributed by atoms with van der Waals surface area (Å²) in [4.78, 5) is 16.0. The van der Waals surface area contributed by atoms with Gasteiger partial charge >= 0.3 is 0 Å². The molecule has 6 heteroatoms. The molecule has 0 aliphatic heterocycles. The van der Waals surface area contributed by atoms with E-state index in [1.165, 1.54) is 6.33 Å². The van der Waals surface area contributed by atoms with Crippen LogP contribution in [0.3, 0.4) is 0 Å². The highest BCUT2D eigenvalue weighted by molar-refractivity contribution is 5.96. The van der Waals surface area contributed by atoms with Crippen LogP contribution < -0.4 is 5.32 Å². The van der Waals surface area contributed by atoms with Crippen molar-refractivity contribution in [2.24, 2.45) is 0 Å². The number of carbonyl (C=O) groups excluding carboxylic acids is 1. The second kappa shape index (κ2) is 7.22. The number of nitrogens with one attached hydrogen (secondary N) is 1. The van der Waals surface area contributed by atoms with Gasteiger partial charge in [0.15, 0.2) is 6.33 Å². The third-order valence-electron chi connectivity index (χ3n) is 2.91. The zero-order valence-electron chi connectivity index (χ0n) is 11.6. The average Bonchev–Trinajstić information content (AvgIpc) is 2.99. The number of rotatable bonds is 4. The Balaban J connectivity index is 2.01. The minimum atomic E-state index is -0.208. The van der Waals surface area contributed by atoms with E-state index in [9.17, 15) is 4.79 Å². The lowest BCUT2D eigenvalue weighted by atomic mass is 10.0. The van der Waals surface area contributed by atoms with Crippen LogP contribution in [0, 0.1) is 18.8 Å². The molecule has 2 aromatic rings.